The van der Waals surface area contributed by atoms with Crippen molar-refractivity contribution in [3.63, 3.8) is 0 Å². The zero-order valence-corrected chi connectivity index (χ0v) is 18.6. The highest BCUT2D eigenvalue weighted by Gasteiger charge is 2.31. The van der Waals surface area contributed by atoms with E-state index >= 15 is 0 Å². The van der Waals surface area contributed by atoms with E-state index in [9.17, 15) is 26.4 Å². The molecule has 3 aromatic rings. The number of benzene rings is 3. The van der Waals surface area contributed by atoms with E-state index in [0.717, 1.165) is 22.5 Å². The van der Waals surface area contributed by atoms with Crippen LogP contribution in [0.3, 0.4) is 0 Å². The van der Waals surface area contributed by atoms with E-state index in [-0.39, 0.29) is 26.9 Å². The van der Waals surface area contributed by atoms with Crippen molar-refractivity contribution < 1.29 is 26.4 Å². The summed E-state index contributed by atoms with van der Waals surface area (Å²) in [4.78, 5) is 12.5. The van der Waals surface area contributed by atoms with Crippen LogP contribution in [0.1, 0.15) is 15.9 Å². The van der Waals surface area contributed by atoms with Crippen molar-refractivity contribution in [2.45, 2.75) is 11.1 Å². The van der Waals surface area contributed by atoms with Gasteiger partial charge in [0, 0.05) is 17.6 Å². The van der Waals surface area contributed by atoms with Gasteiger partial charge < -0.3 is 5.32 Å². The molecule has 11 heteroatoms. The fourth-order valence-electron chi connectivity index (χ4n) is 2.72. The van der Waals surface area contributed by atoms with Gasteiger partial charge in [-0.2, -0.15) is 13.2 Å². The van der Waals surface area contributed by atoms with Crippen LogP contribution in [-0.2, 0) is 16.2 Å². The Balaban J connectivity index is 1.80. The zero-order valence-electron chi connectivity index (χ0n) is 16.3. The third-order valence-corrected chi connectivity index (χ3v) is 6.89. The number of hydrogen-bond acceptors (Lipinski definition) is 3. The van der Waals surface area contributed by atoms with Gasteiger partial charge in [0.2, 0.25) is 0 Å². The highest BCUT2D eigenvalue weighted by molar-refractivity contribution is 7.92. The van der Waals surface area contributed by atoms with Crippen molar-refractivity contribution >= 4 is 50.5 Å². The Morgan fingerprint density at radius 2 is 1.53 bits per heavy atom. The highest BCUT2D eigenvalue weighted by Crippen LogP contribution is 2.34. The average Bonchev–Trinajstić information content (AvgIpc) is 2.74. The van der Waals surface area contributed by atoms with Gasteiger partial charge in [-0.25, -0.2) is 8.42 Å². The van der Waals surface area contributed by atoms with Crippen LogP contribution in [0.15, 0.2) is 71.6 Å². The molecular weight excluding hydrogens is 488 g/mol. The minimum Gasteiger partial charge on any atom is -0.321 e. The van der Waals surface area contributed by atoms with Crippen molar-refractivity contribution in [3.05, 3.63) is 87.9 Å². The summed E-state index contributed by atoms with van der Waals surface area (Å²) in [6, 6.07) is 13.7. The van der Waals surface area contributed by atoms with Crippen molar-refractivity contribution in [3.8, 4) is 0 Å². The van der Waals surface area contributed by atoms with Gasteiger partial charge in [0.1, 0.15) is 0 Å². The minimum atomic E-state index is -4.59. The first-order chi connectivity index (χ1) is 14.9. The Labute approximate surface area is 192 Å². The maximum absolute atomic E-state index is 12.9. The molecular formula is C21H15Cl2F3N2O3S. The molecule has 3 aromatic carbocycles. The SMILES string of the molecule is CN(c1ccc(C(=O)Nc2cc(C(F)(F)F)ccc2Cl)cc1)S(=O)(=O)c1ccc(Cl)cc1. The lowest BCUT2D eigenvalue weighted by Gasteiger charge is -2.20. The van der Waals surface area contributed by atoms with E-state index in [0.29, 0.717) is 5.02 Å². The van der Waals surface area contributed by atoms with Gasteiger partial charge in [-0.15, -0.1) is 0 Å². The topological polar surface area (TPSA) is 66.5 Å². The normalized spacial score (nSPS) is 11.8. The number of anilines is 2. The Kier molecular flexibility index (Phi) is 6.73. The molecule has 0 atom stereocenters. The van der Waals surface area contributed by atoms with Crippen LogP contribution in [0.5, 0.6) is 0 Å². The van der Waals surface area contributed by atoms with Gasteiger partial charge in [0.05, 0.1) is 26.9 Å². The molecule has 1 amide bonds. The van der Waals surface area contributed by atoms with Crippen LogP contribution in [0, 0.1) is 0 Å². The third kappa shape index (κ3) is 5.17. The highest BCUT2D eigenvalue weighted by atomic mass is 35.5. The van der Waals surface area contributed by atoms with Crippen LogP contribution in [0.4, 0.5) is 24.5 Å². The summed E-state index contributed by atoms with van der Waals surface area (Å²) in [6.07, 6.45) is -4.59. The maximum Gasteiger partial charge on any atom is 0.416 e. The number of carbonyl (C=O) groups excluding carboxylic acids is 1. The predicted octanol–water partition coefficient (Wildman–Crippen LogP) is 6.09. The number of hydrogen-bond donors (Lipinski definition) is 1. The largest absolute Gasteiger partial charge is 0.416 e. The predicted molar refractivity (Wildman–Crippen MR) is 118 cm³/mol. The quantitative estimate of drug-likeness (QED) is 0.459. The van der Waals surface area contributed by atoms with Crippen LogP contribution >= 0.6 is 23.2 Å². The summed E-state index contributed by atoms with van der Waals surface area (Å²) in [5, 5.41) is 2.67. The molecule has 0 unspecified atom stereocenters. The van der Waals surface area contributed by atoms with Gasteiger partial charge in [0.15, 0.2) is 0 Å². The van der Waals surface area contributed by atoms with Crippen molar-refractivity contribution in [1.82, 2.24) is 0 Å². The number of halogens is 5. The fraction of sp³-hybridized carbons (Fsp3) is 0.0952. The zero-order chi connectivity index (χ0) is 23.7. The van der Waals surface area contributed by atoms with Crippen molar-refractivity contribution in [1.29, 1.82) is 0 Å². The second-order valence-electron chi connectivity index (χ2n) is 6.62. The molecule has 3 rings (SSSR count). The smallest absolute Gasteiger partial charge is 0.321 e. The number of nitrogens with zero attached hydrogens (tertiary/aromatic N) is 1. The van der Waals surface area contributed by atoms with E-state index in [2.05, 4.69) is 5.32 Å². The molecule has 0 radical (unpaired) electrons. The van der Waals surface area contributed by atoms with Crippen LogP contribution in [0.2, 0.25) is 10.0 Å². The van der Waals surface area contributed by atoms with E-state index in [1.807, 2.05) is 0 Å². The number of carbonyl (C=O) groups is 1. The first-order valence-corrected chi connectivity index (χ1v) is 11.1. The maximum atomic E-state index is 12.9. The molecule has 0 aromatic heterocycles. The molecule has 0 aliphatic rings. The van der Waals surface area contributed by atoms with E-state index in [1.165, 1.54) is 55.6 Å². The first kappa shape index (κ1) is 23.9. The molecule has 32 heavy (non-hydrogen) atoms. The van der Waals surface area contributed by atoms with E-state index in [4.69, 9.17) is 23.2 Å². The Hall–Kier alpha value is -2.75. The average molecular weight is 503 g/mol. The fourth-order valence-corrected chi connectivity index (χ4v) is 4.20. The minimum absolute atomic E-state index is 0.0328. The summed E-state index contributed by atoms with van der Waals surface area (Å²) in [5.41, 5.74) is -0.785. The standard InChI is InChI=1S/C21H15Cl2F3N2O3S/c1-28(32(30,31)17-9-5-15(22)6-10-17)16-7-2-13(3-8-16)20(29)27-19-12-14(21(24,25)26)4-11-18(19)23/h2-12H,1H3,(H,27,29). The summed E-state index contributed by atoms with van der Waals surface area (Å²) in [6.45, 7) is 0. The van der Waals surface area contributed by atoms with Crippen LogP contribution in [0.25, 0.3) is 0 Å². The van der Waals surface area contributed by atoms with Gasteiger partial charge in [-0.3, -0.25) is 9.10 Å². The molecule has 0 bridgehead atoms. The van der Waals surface area contributed by atoms with E-state index in [1.54, 1.807) is 0 Å². The lowest BCUT2D eigenvalue weighted by Crippen LogP contribution is -2.26. The molecule has 0 aliphatic carbocycles. The first-order valence-electron chi connectivity index (χ1n) is 8.92. The second-order valence-corrected chi connectivity index (χ2v) is 9.43. The third-order valence-electron chi connectivity index (χ3n) is 4.51. The molecule has 0 aliphatic heterocycles. The molecule has 0 spiro atoms. The van der Waals surface area contributed by atoms with Crippen LogP contribution in [-0.4, -0.2) is 21.4 Å². The number of nitrogens with one attached hydrogen (secondary N) is 1. The lowest BCUT2D eigenvalue weighted by atomic mass is 10.1. The molecule has 0 saturated carbocycles. The number of rotatable bonds is 5. The lowest BCUT2D eigenvalue weighted by molar-refractivity contribution is -0.137. The van der Waals surface area contributed by atoms with Crippen molar-refractivity contribution in [2.75, 3.05) is 16.7 Å². The molecule has 1 N–H and O–H groups in total. The Morgan fingerprint density at radius 3 is 2.09 bits per heavy atom. The van der Waals surface area contributed by atoms with Gasteiger partial charge >= 0.3 is 6.18 Å². The van der Waals surface area contributed by atoms with Crippen molar-refractivity contribution in [2.24, 2.45) is 0 Å². The summed E-state index contributed by atoms with van der Waals surface area (Å²) in [5.74, 6) is -0.707. The number of amides is 1. The molecule has 5 nitrogen and oxygen atoms in total. The Bertz CT molecular complexity index is 1250. The van der Waals surface area contributed by atoms with Gasteiger partial charge in [-0.05, 0) is 66.7 Å². The summed E-state index contributed by atoms with van der Waals surface area (Å²) >= 11 is 11.7. The number of alkyl halides is 3. The van der Waals surface area contributed by atoms with Gasteiger partial charge in [0.25, 0.3) is 15.9 Å². The molecule has 0 saturated heterocycles. The Morgan fingerprint density at radius 1 is 0.938 bits per heavy atom. The molecule has 168 valence electrons. The van der Waals surface area contributed by atoms with Gasteiger partial charge in [-0.1, -0.05) is 23.2 Å². The molecule has 0 heterocycles. The molecule has 0 fully saturated rings. The monoisotopic (exact) mass is 502 g/mol. The van der Waals surface area contributed by atoms with E-state index < -0.39 is 27.7 Å². The second kappa shape index (κ2) is 9.01. The number of sulfonamides is 1. The summed E-state index contributed by atoms with van der Waals surface area (Å²) < 4.78 is 65.2. The summed E-state index contributed by atoms with van der Waals surface area (Å²) in [7, 11) is -2.52. The van der Waals surface area contributed by atoms with Crippen LogP contribution < -0.4 is 9.62 Å².